The predicted molar refractivity (Wildman–Crippen MR) is 130 cm³/mol. The molecule has 1 N–H and O–H groups in total. The fourth-order valence-corrected chi connectivity index (χ4v) is 5.36. The first-order valence-electron chi connectivity index (χ1n) is 12.0. The summed E-state index contributed by atoms with van der Waals surface area (Å²) in [5, 5.41) is 3.12. The average molecular weight is 456 g/mol. The Balaban J connectivity index is 1.22. The molecule has 0 saturated carbocycles. The Labute approximate surface area is 199 Å². The molecule has 174 valence electrons. The third-order valence-corrected chi connectivity index (χ3v) is 6.97. The second kappa shape index (κ2) is 9.67. The normalized spacial score (nSPS) is 18.9. The van der Waals surface area contributed by atoms with E-state index in [9.17, 15) is 14.4 Å². The second-order valence-corrected chi connectivity index (χ2v) is 9.32. The summed E-state index contributed by atoms with van der Waals surface area (Å²) < 4.78 is 1.86. The van der Waals surface area contributed by atoms with Gasteiger partial charge < -0.3 is 14.8 Å². The molecule has 0 radical (unpaired) electrons. The molecule has 2 bridgehead atoms. The fraction of sp³-hybridized carbons (Fsp3) is 0.321. The molecule has 2 aromatic carbocycles. The topological polar surface area (TPSA) is 71.4 Å². The molecule has 5 rings (SSSR count). The van der Waals surface area contributed by atoms with E-state index in [1.807, 2.05) is 76.2 Å². The number of hydrogen-bond acceptors (Lipinski definition) is 3. The van der Waals surface area contributed by atoms with E-state index < -0.39 is 0 Å². The lowest BCUT2D eigenvalue weighted by Gasteiger charge is -2.42. The number of pyridine rings is 1. The van der Waals surface area contributed by atoms with Crippen molar-refractivity contribution in [2.45, 2.75) is 37.8 Å². The summed E-state index contributed by atoms with van der Waals surface area (Å²) >= 11 is 0. The van der Waals surface area contributed by atoms with Gasteiger partial charge in [-0.3, -0.25) is 14.4 Å². The van der Waals surface area contributed by atoms with Crippen LogP contribution in [0.2, 0.25) is 0 Å². The van der Waals surface area contributed by atoms with Crippen molar-refractivity contribution < 1.29 is 9.59 Å². The summed E-state index contributed by atoms with van der Waals surface area (Å²) in [4.78, 5) is 40.0. The molecule has 2 atom stereocenters. The first-order valence-corrected chi connectivity index (χ1v) is 12.0. The Kier molecular flexibility index (Phi) is 6.30. The van der Waals surface area contributed by atoms with Crippen LogP contribution in [-0.4, -0.2) is 34.4 Å². The zero-order chi connectivity index (χ0) is 23.5. The van der Waals surface area contributed by atoms with Crippen LogP contribution in [0.3, 0.4) is 0 Å². The quantitative estimate of drug-likeness (QED) is 0.619. The molecule has 0 spiro atoms. The van der Waals surface area contributed by atoms with Gasteiger partial charge in [0.2, 0.25) is 11.8 Å². The summed E-state index contributed by atoms with van der Waals surface area (Å²) in [6.45, 7) is 1.91. The zero-order valence-electron chi connectivity index (χ0n) is 19.1. The highest BCUT2D eigenvalue weighted by Gasteiger charge is 2.36. The maximum atomic E-state index is 13.0. The minimum atomic E-state index is -0.255. The van der Waals surface area contributed by atoms with Gasteiger partial charge in [-0.2, -0.15) is 0 Å². The summed E-state index contributed by atoms with van der Waals surface area (Å²) in [6, 6.07) is 24.9. The maximum Gasteiger partial charge on any atom is 0.250 e. The highest BCUT2D eigenvalue weighted by Crippen LogP contribution is 2.35. The highest BCUT2D eigenvalue weighted by molar-refractivity contribution is 5.84. The number of fused-ring (bicyclic) bond motifs is 4. The number of likely N-dealkylation sites (tertiary alicyclic amines) is 1. The molecule has 0 aliphatic carbocycles. The molecule has 2 aliphatic rings. The zero-order valence-corrected chi connectivity index (χ0v) is 19.1. The third kappa shape index (κ3) is 4.67. The van der Waals surface area contributed by atoms with Gasteiger partial charge in [0.25, 0.3) is 5.56 Å². The van der Waals surface area contributed by atoms with Crippen molar-refractivity contribution in [1.82, 2.24) is 14.8 Å². The molecule has 1 saturated heterocycles. The maximum absolute atomic E-state index is 13.0. The first kappa shape index (κ1) is 22.1. The van der Waals surface area contributed by atoms with Crippen molar-refractivity contribution in [1.29, 1.82) is 0 Å². The molecule has 3 heterocycles. The van der Waals surface area contributed by atoms with Crippen LogP contribution in [0.4, 0.5) is 0 Å². The number of benzene rings is 2. The second-order valence-electron chi connectivity index (χ2n) is 9.32. The molecular formula is C28H29N3O3. The summed E-state index contributed by atoms with van der Waals surface area (Å²) in [5.74, 6) is 0.331. The number of rotatable bonds is 6. The summed E-state index contributed by atoms with van der Waals surface area (Å²) in [6.07, 6.45) is 1.34. The average Bonchev–Trinajstić information content (AvgIpc) is 2.87. The smallest absolute Gasteiger partial charge is 0.250 e. The van der Waals surface area contributed by atoms with Crippen LogP contribution in [-0.2, 0) is 16.1 Å². The molecule has 6 heteroatoms. The number of hydrogen-bond donors (Lipinski definition) is 1. The lowest BCUT2D eigenvalue weighted by Crippen LogP contribution is -2.49. The Morgan fingerprint density at radius 1 is 0.824 bits per heavy atom. The standard InChI is InChI=1S/C28H29N3O3/c32-25(29-28(21-8-3-1-4-9-21)22-10-5-2-6-11-22)14-15-26(33)30-17-20-16-23(19-30)24-12-7-13-27(34)31(24)18-20/h1-13,20,23,28H,14-19H2,(H,29,32). The van der Waals surface area contributed by atoms with Gasteiger partial charge in [0.1, 0.15) is 0 Å². The van der Waals surface area contributed by atoms with E-state index in [4.69, 9.17) is 0 Å². The molecule has 6 nitrogen and oxygen atoms in total. The predicted octanol–water partition coefficient (Wildman–Crippen LogP) is 3.48. The summed E-state index contributed by atoms with van der Waals surface area (Å²) in [5.41, 5.74) is 3.07. The third-order valence-electron chi connectivity index (χ3n) is 6.97. The largest absolute Gasteiger partial charge is 0.345 e. The van der Waals surface area contributed by atoms with Gasteiger partial charge in [-0.15, -0.1) is 0 Å². The Morgan fingerprint density at radius 2 is 1.50 bits per heavy atom. The van der Waals surface area contributed by atoms with Crippen LogP contribution >= 0.6 is 0 Å². The molecule has 3 aromatic rings. The van der Waals surface area contributed by atoms with Gasteiger partial charge in [-0.1, -0.05) is 66.7 Å². The van der Waals surface area contributed by atoms with Crippen LogP contribution in [0.1, 0.15) is 48.0 Å². The SMILES string of the molecule is O=C(CCC(=O)N1CC2CC(C1)c1cccc(=O)n1C2)NC(c1ccccc1)c1ccccc1. The van der Waals surface area contributed by atoms with Crippen molar-refractivity contribution >= 4 is 11.8 Å². The molecule has 2 aliphatic heterocycles. The van der Waals surface area contributed by atoms with Crippen molar-refractivity contribution in [2.75, 3.05) is 13.1 Å². The van der Waals surface area contributed by atoms with E-state index in [1.165, 1.54) is 0 Å². The molecule has 34 heavy (non-hydrogen) atoms. The highest BCUT2D eigenvalue weighted by atomic mass is 16.2. The van der Waals surface area contributed by atoms with Crippen molar-refractivity contribution in [3.05, 3.63) is 106 Å². The minimum absolute atomic E-state index is 0.00699. The van der Waals surface area contributed by atoms with E-state index in [0.29, 0.717) is 19.6 Å². The van der Waals surface area contributed by atoms with Crippen LogP contribution in [0.5, 0.6) is 0 Å². The van der Waals surface area contributed by atoms with E-state index in [1.54, 1.807) is 12.1 Å². The van der Waals surface area contributed by atoms with Crippen LogP contribution in [0.25, 0.3) is 0 Å². The lowest BCUT2D eigenvalue weighted by atomic mass is 9.83. The number of carbonyl (C=O) groups is 2. The number of aromatic nitrogens is 1. The molecule has 2 unspecified atom stereocenters. The molecular weight excluding hydrogens is 426 g/mol. The van der Waals surface area contributed by atoms with Gasteiger partial charge >= 0.3 is 0 Å². The van der Waals surface area contributed by atoms with Gasteiger partial charge in [0.05, 0.1) is 6.04 Å². The van der Waals surface area contributed by atoms with Crippen molar-refractivity contribution in [3.63, 3.8) is 0 Å². The fourth-order valence-electron chi connectivity index (χ4n) is 5.36. The monoisotopic (exact) mass is 455 g/mol. The Hall–Kier alpha value is -3.67. The van der Waals surface area contributed by atoms with Gasteiger partial charge in [-0.25, -0.2) is 0 Å². The van der Waals surface area contributed by atoms with E-state index in [-0.39, 0.29) is 48.1 Å². The van der Waals surface area contributed by atoms with Crippen LogP contribution in [0, 0.1) is 5.92 Å². The van der Waals surface area contributed by atoms with Crippen LogP contribution < -0.4 is 10.9 Å². The van der Waals surface area contributed by atoms with E-state index >= 15 is 0 Å². The number of piperidine rings is 1. The molecule has 2 amide bonds. The Morgan fingerprint density at radius 3 is 2.18 bits per heavy atom. The minimum Gasteiger partial charge on any atom is -0.345 e. The van der Waals surface area contributed by atoms with E-state index in [0.717, 1.165) is 23.2 Å². The Bertz CT molecular complexity index is 1180. The van der Waals surface area contributed by atoms with Gasteiger partial charge in [0.15, 0.2) is 0 Å². The number of nitrogens with zero attached hydrogens (tertiary/aromatic N) is 2. The molecule has 1 fully saturated rings. The van der Waals surface area contributed by atoms with Crippen LogP contribution in [0.15, 0.2) is 83.7 Å². The summed E-state index contributed by atoms with van der Waals surface area (Å²) in [7, 11) is 0. The van der Waals surface area contributed by atoms with E-state index in [2.05, 4.69) is 5.32 Å². The van der Waals surface area contributed by atoms with Crippen molar-refractivity contribution in [3.8, 4) is 0 Å². The number of carbonyl (C=O) groups excluding carboxylic acids is 2. The molecule has 1 aromatic heterocycles. The van der Waals surface area contributed by atoms with Crippen molar-refractivity contribution in [2.24, 2.45) is 5.92 Å². The number of nitrogens with one attached hydrogen (secondary N) is 1. The lowest BCUT2D eigenvalue weighted by molar-refractivity contribution is -0.136. The first-order chi connectivity index (χ1) is 16.6. The van der Waals surface area contributed by atoms with Gasteiger partial charge in [-0.05, 0) is 29.5 Å². The number of amides is 2. The van der Waals surface area contributed by atoms with Gasteiger partial charge in [0, 0.05) is 50.2 Å².